The first-order valence-electron chi connectivity index (χ1n) is 5.46. The second kappa shape index (κ2) is 5.83. The van der Waals surface area contributed by atoms with Crippen LogP contribution in [0.3, 0.4) is 0 Å². The van der Waals surface area contributed by atoms with E-state index in [4.69, 9.17) is 0 Å². The molecule has 0 aromatic carbocycles. The third-order valence-corrected chi connectivity index (χ3v) is 2.67. The van der Waals surface area contributed by atoms with E-state index in [2.05, 4.69) is 25.3 Å². The number of hydrogen-bond donors (Lipinski definition) is 0. The fourth-order valence-electron chi connectivity index (χ4n) is 1.86. The lowest BCUT2D eigenvalue weighted by Crippen LogP contribution is -1.78. The molecule has 0 N–H and O–H groups in total. The van der Waals surface area contributed by atoms with E-state index in [0.717, 1.165) is 0 Å². The molecule has 0 heteroatoms. The highest BCUT2D eigenvalue weighted by Crippen LogP contribution is 2.29. The van der Waals surface area contributed by atoms with Gasteiger partial charge in [-0.1, -0.05) is 32.4 Å². The van der Waals surface area contributed by atoms with Gasteiger partial charge < -0.3 is 0 Å². The van der Waals surface area contributed by atoms with E-state index < -0.39 is 0 Å². The van der Waals surface area contributed by atoms with Crippen molar-refractivity contribution in [2.75, 3.05) is 0 Å². The van der Waals surface area contributed by atoms with Gasteiger partial charge in [-0.15, -0.1) is 5.73 Å². The van der Waals surface area contributed by atoms with Gasteiger partial charge in [-0.25, -0.2) is 0 Å². The smallest absolute Gasteiger partial charge is 0.00376 e. The molecular formula is C13H20. The molecule has 0 heterocycles. The second-order valence-corrected chi connectivity index (χ2v) is 3.73. The molecule has 13 heavy (non-hydrogen) atoms. The Bertz CT molecular complexity index is 226. The number of unbranched alkanes of at least 4 members (excludes halogenated alkanes) is 3. The van der Waals surface area contributed by atoms with Crippen LogP contribution >= 0.6 is 0 Å². The van der Waals surface area contributed by atoms with Crippen LogP contribution in [0.1, 0.15) is 51.9 Å². The Hall–Kier alpha value is -0.740. The highest BCUT2D eigenvalue weighted by Gasteiger charge is 2.11. The van der Waals surface area contributed by atoms with E-state index in [1.165, 1.54) is 56.1 Å². The molecule has 1 fully saturated rings. The minimum atomic E-state index is 1.20. The SMILES string of the molecule is C=C=C1CCCC1=CCCCCC. The third-order valence-electron chi connectivity index (χ3n) is 2.67. The number of rotatable bonds is 4. The largest absolute Gasteiger partial charge is 0.125 e. The van der Waals surface area contributed by atoms with E-state index in [0.29, 0.717) is 0 Å². The molecule has 72 valence electrons. The molecule has 0 aliphatic heterocycles. The predicted octanol–water partition coefficient (Wildman–Crippen LogP) is 4.39. The van der Waals surface area contributed by atoms with Gasteiger partial charge in [0.25, 0.3) is 0 Å². The molecule has 0 nitrogen and oxygen atoms in total. The van der Waals surface area contributed by atoms with Crippen LogP contribution in [-0.2, 0) is 0 Å². The van der Waals surface area contributed by atoms with Crippen molar-refractivity contribution in [3.63, 3.8) is 0 Å². The summed E-state index contributed by atoms with van der Waals surface area (Å²) in [5, 5.41) is 0. The summed E-state index contributed by atoms with van der Waals surface area (Å²) in [4.78, 5) is 0. The van der Waals surface area contributed by atoms with Crippen LogP contribution in [0.25, 0.3) is 0 Å². The Morgan fingerprint density at radius 1 is 1.38 bits per heavy atom. The Balaban J connectivity index is 2.37. The van der Waals surface area contributed by atoms with Crippen molar-refractivity contribution in [1.82, 2.24) is 0 Å². The predicted molar refractivity (Wildman–Crippen MR) is 58.7 cm³/mol. The van der Waals surface area contributed by atoms with Gasteiger partial charge in [0.15, 0.2) is 0 Å². The summed E-state index contributed by atoms with van der Waals surface area (Å²) in [5.74, 6) is 0. The van der Waals surface area contributed by atoms with Crippen LogP contribution in [0.2, 0.25) is 0 Å². The molecule has 1 rings (SSSR count). The Kier molecular flexibility index (Phi) is 4.64. The molecule has 1 aliphatic carbocycles. The van der Waals surface area contributed by atoms with Gasteiger partial charge in [0.1, 0.15) is 0 Å². The van der Waals surface area contributed by atoms with Crippen LogP contribution in [0.4, 0.5) is 0 Å². The van der Waals surface area contributed by atoms with E-state index in [1.54, 1.807) is 0 Å². The first kappa shape index (κ1) is 10.3. The molecule has 0 atom stereocenters. The topological polar surface area (TPSA) is 0 Å². The van der Waals surface area contributed by atoms with Gasteiger partial charge in [0.05, 0.1) is 0 Å². The molecule has 1 aliphatic rings. The van der Waals surface area contributed by atoms with Gasteiger partial charge >= 0.3 is 0 Å². The van der Waals surface area contributed by atoms with Crippen LogP contribution in [-0.4, -0.2) is 0 Å². The zero-order valence-electron chi connectivity index (χ0n) is 8.73. The standard InChI is InChI=1S/C13H20/c1-3-5-6-7-9-13-11-8-10-12(13)4-2/h9H,2-3,5-8,10-11H2,1H3. The molecule has 0 aromatic rings. The van der Waals surface area contributed by atoms with Crippen molar-refractivity contribution in [2.45, 2.75) is 51.9 Å². The van der Waals surface area contributed by atoms with E-state index in [-0.39, 0.29) is 0 Å². The fraction of sp³-hybridized carbons (Fsp3) is 0.615. The van der Waals surface area contributed by atoms with Crippen LogP contribution in [0.5, 0.6) is 0 Å². The molecule has 1 saturated carbocycles. The highest BCUT2D eigenvalue weighted by atomic mass is 14.2. The summed E-state index contributed by atoms with van der Waals surface area (Å²) in [7, 11) is 0. The minimum Gasteiger partial charge on any atom is -0.125 e. The lowest BCUT2D eigenvalue weighted by atomic mass is 10.1. The summed E-state index contributed by atoms with van der Waals surface area (Å²) in [6.45, 7) is 5.98. The van der Waals surface area contributed by atoms with Crippen molar-refractivity contribution in [3.8, 4) is 0 Å². The van der Waals surface area contributed by atoms with Gasteiger partial charge in [-0.3, -0.25) is 0 Å². The van der Waals surface area contributed by atoms with Gasteiger partial charge in [0, 0.05) is 0 Å². The first-order valence-corrected chi connectivity index (χ1v) is 5.46. The normalized spacial score (nSPS) is 19.5. The summed E-state index contributed by atoms with van der Waals surface area (Å²) in [5.41, 5.74) is 5.94. The summed E-state index contributed by atoms with van der Waals surface area (Å²) >= 11 is 0. The average molecular weight is 176 g/mol. The van der Waals surface area contributed by atoms with Crippen LogP contribution in [0.15, 0.2) is 29.5 Å². The second-order valence-electron chi connectivity index (χ2n) is 3.73. The quantitative estimate of drug-likeness (QED) is 0.440. The lowest BCUT2D eigenvalue weighted by molar-refractivity contribution is 0.727. The Morgan fingerprint density at radius 2 is 2.23 bits per heavy atom. The maximum atomic E-state index is 3.73. The zero-order chi connectivity index (χ0) is 9.52. The van der Waals surface area contributed by atoms with Crippen molar-refractivity contribution >= 4 is 0 Å². The van der Waals surface area contributed by atoms with Crippen molar-refractivity contribution in [3.05, 3.63) is 29.5 Å². The van der Waals surface area contributed by atoms with Gasteiger partial charge in [0.2, 0.25) is 0 Å². The summed E-state index contributed by atoms with van der Waals surface area (Å²) in [6, 6.07) is 0. The van der Waals surface area contributed by atoms with E-state index in [1.807, 2.05) is 0 Å². The molecule has 0 spiro atoms. The van der Waals surface area contributed by atoms with Gasteiger partial charge in [-0.2, -0.15) is 0 Å². The Labute approximate surface area is 82.0 Å². The first-order chi connectivity index (χ1) is 6.38. The van der Waals surface area contributed by atoms with E-state index >= 15 is 0 Å². The molecular weight excluding hydrogens is 156 g/mol. The lowest BCUT2D eigenvalue weighted by Gasteiger charge is -1.97. The van der Waals surface area contributed by atoms with Crippen molar-refractivity contribution in [2.24, 2.45) is 0 Å². The average Bonchev–Trinajstić information content (AvgIpc) is 2.60. The molecule has 0 amide bonds. The van der Waals surface area contributed by atoms with Crippen LogP contribution < -0.4 is 0 Å². The molecule has 0 radical (unpaired) electrons. The molecule has 0 bridgehead atoms. The highest BCUT2D eigenvalue weighted by molar-refractivity contribution is 5.33. The summed E-state index contributed by atoms with van der Waals surface area (Å²) in [6.07, 6.45) is 11.4. The maximum absolute atomic E-state index is 3.73. The molecule has 0 unspecified atom stereocenters. The molecule has 0 saturated heterocycles. The van der Waals surface area contributed by atoms with Crippen molar-refractivity contribution < 1.29 is 0 Å². The molecule has 0 aromatic heterocycles. The van der Waals surface area contributed by atoms with Gasteiger partial charge in [-0.05, 0) is 43.3 Å². The summed E-state index contributed by atoms with van der Waals surface area (Å²) < 4.78 is 0. The minimum absolute atomic E-state index is 1.20. The van der Waals surface area contributed by atoms with Crippen LogP contribution in [0, 0.1) is 0 Å². The monoisotopic (exact) mass is 176 g/mol. The zero-order valence-corrected chi connectivity index (χ0v) is 8.73. The fourth-order valence-corrected chi connectivity index (χ4v) is 1.86. The van der Waals surface area contributed by atoms with Crippen molar-refractivity contribution in [1.29, 1.82) is 0 Å². The maximum Gasteiger partial charge on any atom is -0.00376 e. The number of hydrogen-bond acceptors (Lipinski definition) is 0. The number of allylic oxidation sites excluding steroid dienone is 3. The Morgan fingerprint density at radius 3 is 2.92 bits per heavy atom. The van der Waals surface area contributed by atoms with E-state index in [9.17, 15) is 0 Å². The third kappa shape index (κ3) is 3.24.